The fraction of sp³-hybridized carbons (Fsp3) is 0.250. The van der Waals surface area contributed by atoms with Crippen LogP contribution in [0.25, 0.3) is 11.0 Å². The van der Waals surface area contributed by atoms with Gasteiger partial charge < -0.3 is 9.15 Å². The van der Waals surface area contributed by atoms with Crippen LogP contribution in [0.3, 0.4) is 0 Å². The fourth-order valence-corrected chi connectivity index (χ4v) is 1.53. The second kappa shape index (κ2) is 3.66. The summed E-state index contributed by atoms with van der Waals surface area (Å²) in [6.07, 6.45) is 0. The van der Waals surface area contributed by atoms with Crippen LogP contribution in [0.1, 0.15) is 11.3 Å². The third kappa shape index (κ3) is 1.66. The number of benzene rings is 1. The molecule has 0 saturated heterocycles. The summed E-state index contributed by atoms with van der Waals surface area (Å²) < 4.78 is 10.7. The highest BCUT2D eigenvalue weighted by Crippen LogP contribution is 2.27. The average molecular weight is 201 g/mol. The van der Waals surface area contributed by atoms with Crippen LogP contribution < -0.4 is 4.74 Å². The molecule has 0 unspecified atom stereocenters. The van der Waals surface area contributed by atoms with E-state index in [1.165, 1.54) is 0 Å². The molecule has 2 rings (SSSR count). The van der Waals surface area contributed by atoms with Crippen molar-refractivity contribution in [2.45, 2.75) is 13.8 Å². The summed E-state index contributed by atoms with van der Waals surface area (Å²) in [5.74, 6) is 1.58. The van der Waals surface area contributed by atoms with E-state index < -0.39 is 0 Å². The van der Waals surface area contributed by atoms with Gasteiger partial charge in [0.1, 0.15) is 23.2 Å². The van der Waals surface area contributed by atoms with E-state index in [-0.39, 0.29) is 6.61 Å². The lowest BCUT2D eigenvalue weighted by Crippen LogP contribution is -1.92. The Kier molecular flexibility index (Phi) is 2.34. The van der Waals surface area contributed by atoms with Crippen molar-refractivity contribution in [2.24, 2.45) is 0 Å². The van der Waals surface area contributed by atoms with Gasteiger partial charge in [0.25, 0.3) is 0 Å². The SMILES string of the molecule is Cc1oc2cc(OCC#N)ccc2c1C. The van der Waals surface area contributed by atoms with Crippen molar-refractivity contribution in [2.75, 3.05) is 6.61 Å². The Balaban J connectivity index is 2.44. The van der Waals surface area contributed by atoms with Crippen molar-refractivity contribution >= 4 is 11.0 Å². The molecule has 0 aliphatic rings. The molecule has 0 amide bonds. The Bertz CT molecular complexity index is 534. The Morgan fingerprint density at radius 3 is 2.93 bits per heavy atom. The number of rotatable bonds is 2. The van der Waals surface area contributed by atoms with Crippen LogP contribution in [0.4, 0.5) is 0 Å². The Morgan fingerprint density at radius 2 is 2.20 bits per heavy atom. The van der Waals surface area contributed by atoms with E-state index in [1.54, 1.807) is 0 Å². The minimum atomic E-state index is 0.0597. The van der Waals surface area contributed by atoms with E-state index in [0.717, 1.165) is 22.3 Å². The van der Waals surface area contributed by atoms with Gasteiger partial charge in [0, 0.05) is 11.5 Å². The van der Waals surface area contributed by atoms with Crippen LogP contribution >= 0.6 is 0 Å². The maximum atomic E-state index is 8.39. The van der Waals surface area contributed by atoms with E-state index in [0.29, 0.717) is 5.75 Å². The third-order valence-corrected chi connectivity index (χ3v) is 2.45. The standard InChI is InChI=1S/C12H11NO2/c1-8-9(2)15-12-7-10(14-6-5-13)3-4-11(8)12/h3-4,7H,6H2,1-2H3. The topological polar surface area (TPSA) is 46.2 Å². The molecule has 0 fully saturated rings. The molecule has 76 valence electrons. The molecule has 3 nitrogen and oxygen atoms in total. The molecule has 1 heterocycles. The number of fused-ring (bicyclic) bond motifs is 1. The van der Waals surface area contributed by atoms with Crippen LogP contribution in [-0.4, -0.2) is 6.61 Å². The lowest BCUT2D eigenvalue weighted by Gasteiger charge is -1.99. The highest BCUT2D eigenvalue weighted by Gasteiger charge is 2.07. The van der Waals surface area contributed by atoms with Crippen LogP contribution in [0.2, 0.25) is 0 Å². The minimum absolute atomic E-state index is 0.0597. The number of hydrogen-bond acceptors (Lipinski definition) is 3. The summed E-state index contributed by atoms with van der Waals surface area (Å²) in [7, 11) is 0. The van der Waals surface area contributed by atoms with Gasteiger partial charge in [-0.2, -0.15) is 5.26 Å². The lowest BCUT2D eigenvalue weighted by atomic mass is 10.1. The monoisotopic (exact) mass is 201 g/mol. The van der Waals surface area contributed by atoms with Crippen molar-refractivity contribution in [3.63, 3.8) is 0 Å². The van der Waals surface area contributed by atoms with Crippen molar-refractivity contribution in [1.29, 1.82) is 5.26 Å². The summed E-state index contributed by atoms with van der Waals surface area (Å²) in [4.78, 5) is 0. The number of nitrogens with zero attached hydrogens (tertiary/aromatic N) is 1. The first kappa shape index (κ1) is 9.60. The van der Waals surface area contributed by atoms with Gasteiger partial charge in [-0.15, -0.1) is 0 Å². The second-order valence-corrected chi connectivity index (χ2v) is 3.39. The number of nitriles is 1. The van der Waals surface area contributed by atoms with Crippen LogP contribution in [0, 0.1) is 25.2 Å². The molecule has 15 heavy (non-hydrogen) atoms. The third-order valence-electron chi connectivity index (χ3n) is 2.45. The zero-order valence-electron chi connectivity index (χ0n) is 8.70. The molecule has 0 radical (unpaired) electrons. The molecule has 0 atom stereocenters. The van der Waals surface area contributed by atoms with Gasteiger partial charge in [0.2, 0.25) is 0 Å². The van der Waals surface area contributed by atoms with Gasteiger partial charge in [-0.3, -0.25) is 0 Å². The second-order valence-electron chi connectivity index (χ2n) is 3.39. The first-order chi connectivity index (χ1) is 7.22. The zero-order valence-corrected chi connectivity index (χ0v) is 8.70. The van der Waals surface area contributed by atoms with Gasteiger partial charge >= 0.3 is 0 Å². The summed E-state index contributed by atoms with van der Waals surface area (Å²) in [6, 6.07) is 7.54. The van der Waals surface area contributed by atoms with Crippen molar-refractivity contribution < 1.29 is 9.15 Å². The summed E-state index contributed by atoms with van der Waals surface area (Å²) in [6.45, 7) is 4.02. The van der Waals surface area contributed by atoms with Crippen LogP contribution in [-0.2, 0) is 0 Å². The smallest absolute Gasteiger partial charge is 0.174 e. The van der Waals surface area contributed by atoms with E-state index in [1.807, 2.05) is 38.1 Å². The maximum absolute atomic E-state index is 8.39. The first-order valence-electron chi connectivity index (χ1n) is 4.72. The molecule has 0 aliphatic heterocycles. The van der Waals surface area contributed by atoms with Gasteiger partial charge in [0.05, 0.1) is 0 Å². The molecule has 1 aromatic heterocycles. The fourth-order valence-electron chi connectivity index (χ4n) is 1.53. The predicted molar refractivity (Wildman–Crippen MR) is 56.8 cm³/mol. The van der Waals surface area contributed by atoms with Gasteiger partial charge in [-0.05, 0) is 31.5 Å². The molecular formula is C12H11NO2. The van der Waals surface area contributed by atoms with Crippen LogP contribution in [0.15, 0.2) is 22.6 Å². The first-order valence-corrected chi connectivity index (χ1v) is 4.72. The van der Waals surface area contributed by atoms with Gasteiger partial charge in [0.15, 0.2) is 6.61 Å². The van der Waals surface area contributed by atoms with Crippen molar-refractivity contribution in [3.8, 4) is 11.8 Å². The Hall–Kier alpha value is -1.95. The summed E-state index contributed by atoms with van der Waals surface area (Å²) in [5.41, 5.74) is 1.96. The number of ether oxygens (including phenoxy) is 1. The predicted octanol–water partition coefficient (Wildman–Crippen LogP) is 2.95. The minimum Gasteiger partial charge on any atom is -0.479 e. The normalized spacial score (nSPS) is 10.2. The van der Waals surface area contributed by atoms with E-state index in [9.17, 15) is 0 Å². The van der Waals surface area contributed by atoms with Gasteiger partial charge in [-0.25, -0.2) is 0 Å². The molecule has 0 spiro atoms. The van der Waals surface area contributed by atoms with E-state index in [2.05, 4.69) is 0 Å². The van der Waals surface area contributed by atoms with Crippen molar-refractivity contribution in [3.05, 3.63) is 29.5 Å². The van der Waals surface area contributed by atoms with Gasteiger partial charge in [-0.1, -0.05) is 0 Å². The zero-order chi connectivity index (χ0) is 10.8. The van der Waals surface area contributed by atoms with Crippen LogP contribution in [0.5, 0.6) is 5.75 Å². The molecule has 0 saturated carbocycles. The average Bonchev–Trinajstić information content (AvgIpc) is 2.52. The molecular weight excluding hydrogens is 190 g/mol. The largest absolute Gasteiger partial charge is 0.479 e. The lowest BCUT2D eigenvalue weighted by molar-refractivity contribution is 0.368. The summed E-state index contributed by atoms with van der Waals surface area (Å²) >= 11 is 0. The highest BCUT2D eigenvalue weighted by molar-refractivity contribution is 5.83. The van der Waals surface area contributed by atoms with Crippen molar-refractivity contribution in [1.82, 2.24) is 0 Å². The highest BCUT2D eigenvalue weighted by atomic mass is 16.5. The van der Waals surface area contributed by atoms with E-state index in [4.69, 9.17) is 14.4 Å². The molecule has 2 aromatic rings. The number of aryl methyl sites for hydroxylation is 2. The summed E-state index contributed by atoms with van der Waals surface area (Å²) in [5, 5.41) is 9.48. The molecule has 0 aliphatic carbocycles. The molecule has 0 bridgehead atoms. The maximum Gasteiger partial charge on any atom is 0.174 e. The Labute approximate surface area is 87.9 Å². The molecule has 3 heteroatoms. The molecule has 0 N–H and O–H groups in total. The number of hydrogen-bond donors (Lipinski definition) is 0. The Morgan fingerprint density at radius 1 is 1.40 bits per heavy atom. The molecule has 1 aromatic carbocycles. The quantitative estimate of drug-likeness (QED) is 0.750. The van der Waals surface area contributed by atoms with E-state index >= 15 is 0 Å². The number of furan rings is 1.